The monoisotopic (exact) mass is 417 g/mol. The van der Waals surface area contributed by atoms with Crippen LogP contribution in [0.5, 0.6) is 0 Å². The second kappa shape index (κ2) is 8.85. The third-order valence-corrected chi connectivity index (χ3v) is 5.03. The topological polar surface area (TPSA) is 114 Å². The van der Waals surface area contributed by atoms with E-state index in [-0.39, 0.29) is 22.4 Å². The van der Waals surface area contributed by atoms with E-state index in [4.69, 9.17) is 11.6 Å². The van der Waals surface area contributed by atoms with Crippen molar-refractivity contribution in [3.8, 4) is 11.4 Å². The molecule has 144 valence electrons. The minimum atomic E-state index is -0.552. The van der Waals surface area contributed by atoms with Crippen molar-refractivity contribution in [2.75, 3.05) is 11.1 Å². The lowest BCUT2D eigenvalue weighted by atomic mass is 10.1. The maximum atomic E-state index is 12.1. The fourth-order valence-electron chi connectivity index (χ4n) is 2.37. The summed E-state index contributed by atoms with van der Waals surface area (Å²) in [6.07, 6.45) is 0.964. The fourth-order valence-corrected chi connectivity index (χ4v) is 3.19. The van der Waals surface area contributed by atoms with Crippen LogP contribution in [0.15, 0.2) is 47.6 Å². The molecule has 0 spiro atoms. The Bertz CT molecular complexity index is 1010. The van der Waals surface area contributed by atoms with Crippen LogP contribution in [0.1, 0.15) is 12.5 Å². The number of benzene rings is 2. The highest BCUT2D eigenvalue weighted by molar-refractivity contribution is 7.99. The molecule has 0 unspecified atom stereocenters. The predicted octanol–water partition coefficient (Wildman–Crippen LogP) is 4.33. The number of nitro benzene ring substituents is 1. The van der Waals surface area contributed by atoms with Crippen molar-refractivity contribution in [2.45, 2.75) is 18.5 Å². The third kappa shape index (κ3) is 4.87. The number of non-ortho nitro benzene ring substituents is 1. The highest BCUT2D eigenvalue weighted by Gasteiger charge is 2.13. The second-order valence-corrected chi connectivity index (χ2v) is 7.12. The first kappa shape index (κ1) is 19.8. The lowest BCUT2D eigenvalue weighted by Crippen LogP contribution is -2.14. The molecule has 2 N–H and O–H groups in total. The van der Waals surface area contributed by atoms with Crippen molar-refractivity contribution in [3.63, 3.8) is 0 Å². The van der Waals surface area contributed by atoms with Crippen LogP contribution in [-0.4, -0.2) is 31.8 Å². The van der Waals surface area contributed by atoms with Gasteiger partial charge < -0.3 is 5.32 Å². The van der Waals surface area contributed by atoms with E-state index in [0.717, 1.165) is 12.0 Å². The SMILES string of the molecule is CCc1ccc(-c2nc(SCC(=O)Nc3ccc([N+](=O)[O-])cc3Cl)n[nH]2)cc1. The van der Waals surface area contributed by atoms with Gasteiger partial charge in [-0.1, -0.05) is 54.6 Å². The Balaban J connectivity index is 1.58. The normalized spacial score (nSPS) is 10.6. The highest BCUT2D eigenvalue weighted by Crippen LogP contribution is 2.27. The molecular weight excluding hydrogens is 402 g/mol. The zero-order chi connectivity index (χ0) is 20.1. The zero-order valence-corrected chi connectivity index (χ0v) is 16.4. The fraction of sp³-hybridized carbons (Fsp3) is 0.167. The van der Waals surface area contributed by atoms with Crippen molar-refractivity contribution < 1.29 is 9.72 Å². The Kier molecular flexibility index (Phi) is 6.27. The van der Waals surface area contributed by atoms with Gasteiger partial charge >= 0.3 is 0 Å². The van der Waals surface area contributed by atoms with Gasteiger partial charge in [-0.2, -0.15) is 0 Å². The molecule has 0 saturated carbocycles. The second-order valence-electron chi connectivity index (χ2n) is 5.78. The first-order chi connectivity index (χ1) is 13.5. The van der Waals surface area contributed by atoms with Gasteiger partial charge in [0.1, 0.15) is 0 Å². The van der Waals surface area contributed by atoms with Crippen LogP contribution < -0.4 is 5.32 Å². The number of thioether (sulfide) groups is 1. The number of nitrogens with one attached hydrogen (secondary N) is 2. The number of aromatic amines is 1. The summed E-state index contributed by atoms with van der Waals surface area (Å²) in [6.45, 7) is 2.09. The summed E-state index contributed by atoms with van der Waals surface area (Å²) in [5.41, 5.74) is 2.32. The number of aryl methyl sites for hydroxylation is 1. The lowest BCUT2D eigenvalue weighted by molar-refractivity contribution is -0.384. The lowest BCUT2D eigenvalue weighted by Gasteiger charge is -2.06. The van der Waals surface area contributed by atoms with E-state index >= 15 is 0 Å². The van der Waals surface area contributed by atoms with Crippen LogP contribution in [0, 0.1) is 10.1 Å². The predicted molar refractivity (Wildman–Crippen MR) is 109 cm³/mol. The van der Waals surface area contributed by atoms with E-state index < -0.39 is 4.92 Å². The van der Waals surface area contributed by atoms with Crippen molar-refractivity contribution >= 4 is 40.6 Å². The van der Waals surface area contributed by atoms with Crippen LogP contribution in [0.4, 0.5) is 11.4 Å². The van der Waals surface area contributed by atoms with E-state index in [1.807, 2.05) is 24.3 Å². The van der Waals surface area contributed by atoms with E-state index in [0.29, 0.717) is 16.7 Å². The molecule has 3 aromatic rings. The molecule has 1 aromatic heterocycles. The van der Waals surface area contributed by atoms with Gasteiger partial charge in [-0.15, -0.1) is 5.10 Å². The maximum Gasteiger partial charge on any atom is 0.271 e. The Labute approximate surface area is 169 Å². The quantitative estimate of drug-likeness (QED) is 0.336. The number of rotatable bonds is 7. The number of hydrogen-bond acceptors (Lipinski definition) is 6. The van der Waals surface area contributed by atoms with Gasteiger partial charge in [0.2, 0.25) is 11.1 Å². The summed E-state index contributed by atoms with van der Waals surface area (Å²) in [4.78, 5) is 26.7. The number of halogens is 1. The molecule has 1 heterocycles. The van der Waals surface area contributed by atoms with E-state index in [1.165, 1.54) is 35.5 Å². The summed E-state index contributed by atoms with van der Waals surface area (Å²) in [5.74, 6) is 0.378. The summed E-state index contributed by atoms with van der Waals surface area (Å²) in [6, 6.07) is 11.9. The van der Waals surface area contributed by atoms with Gasteiger partial charge in [0.05, 0.1) is 21.4 Å². The Morgan fingerprint density at radius 1 is 1.29 bits per heavy atom. The number of carbonyl (C=O) groups is 1. The number of carbonyl (C=O) groups excluding carboxylic acids is 1. The highest BCUT2D eigenvalue weighted by atomic mass is 35.5. The summed E-state index contributed by atoms with van der Waals surface area (Å²) in [5, 5.41) is 20.9. The van der Waals surface area contributed by atoms with Gasteiger partial charge in [0.25, 0.3) is 5.69 Å². The number of amides is 1. The number of nitrogens with zero attached hydrogens (tertiary/aromatic N) is 3. The summed E-state index contributed by atoms with van der Waals surface area (Å²) in [7, 11) is 0. The number of aromatic nitrogens is 3. The van der Waals surface area contributed by atoms with Crippen LogP contribution in [0.3, 0.4) is 0 Å². The standard InChI is InChI=1S/C18H16ClN5O3S/c1-2-11-3-5-12(6-4-11)17-21-18(23-22-17)28-10-16(25)20-15-8-7-13(24(26)27)9-14(15)19/h3-9H,2,10H2,1H3,(H,20,25)(H,21,22,23). The van der Waals surface area contributed by atoms with E-state index in [2.05, 4.69) is 27.4 Å². The van der Waals surface area contributed by atoms with Gasteiger partial charge in [-0.3, -0.25) is 20.0 Å². The minimum Gasteiger partial charge on any atom is -0.324 e. The first-order valence-corrected chi connectivity index (χ1v) is 9.71. The molecule has 0 saturated heterocycles. The number of hydrogen-bond donors (Lipinski definition) is 2. The van der Waals surface area contributed by atoms with Crippen LogP contribution in [0.25, 0.3) is 11.4 Å². The molecule has 1 amide bonds. The first-order valence-electron chi connectivity index (χ1n) is 8.34. The summed E-state index contributed by atoms with van der Waals surface area (Å²) >= 11 is 7.14. The minimum absolute atomic E-state index is 0.0688. The van der Waals surface area contributed by atoms with Crippen LogP contribution in [0.2, 0.25) is 5.02 Å². The van der Waals surface area contributed by atoms with Gasteiger partial charge in [-0.25, -0.2) is 4.98 Å². The molecule has 28 heavy (non-hydrogen) atoms. The molecule has 10 heteroatoms. The van der Waals surface area contributed by atoms with E-state index in [9.17, 15) is 14.9 Å². The van der Waals surface area contributed by atoms with Crippen molar-refractivity contribution in [3.05, 3.63) is 63.2 Å². The Morgan fingerprint density at radius 3 is 2.68 bits per heavy atom. The van der Waals surface area contributed by atoms with Crippen LogP contribution >= 0.6 is 23.4 Å². The van der Waals surface area contributed by atoms with Crippen molar-refractivity contribution in [2.24, 2.45) is 0 Å². The Hall–Kier alpha value is -2.91. The number of nitro groups is 1. The number of anilines is 1. The molecule has 0 aliphatic rings. The Morgan fingerprint density at radius 2 is 2.04 bits per heavy atom. The van der Waals surface area contributed by atoms with E-state index in [1.54, 1.807) is 0 Å². The number of H-pyrrole nitrogens is 1. The molecule has 0 aliphatic carbocycles. The largest absolute Gasteiger partial charge is 0.324 e. The van der Waals surface area contributed by atoms with Gasteiger partial charge in [-0.05, 0) is 18.1 Å². The molecule has 8 nitrogen and oxygen atoms in total. The zero-order valence-electron chi connectivity index (χ0n) is 14.8. The molecular formula is C18H16ClN5O3S. The van der Waals surface area contributed by atoms with Crippen molar-refractivity contribution in [1.82, 2.24) is 15.2 Å². The molecule has 3 rings (SSSR count). The molecule has 0 aliphatic heterocycles. The smallest absolute Gasteiger partial charge is 0.271 e. The maximum absolute atomic E-state index is 12.1. The molecule has 0 bridgehead atoms. The van der Waals surface area contributed by atoms with Crippen molar-refractivity contribution in [1.29, 1.82) is 0 Å². The molecule has 2 aromatic carbocycles. The molecule has 0 radical (unpaired) electrons. The average Bonchev–Trinajstić information content (AvgIpc) is 3.17. The average molecular weight is 418 g/mol. The molecule has 0 atom stereocenters. The molecule has 0 fully saturated rings. The van der Waals surface area contributed by atoms with Gasteiger partial charge in [0.15, 0.2) is 5.82 Å². The summed E-state index contributed by atoms with van der Waals surface area (Å²) < 4.78 is 0. The van der Waals surface area contributed by atoms with Crippen LogP contribution in [-0.2, 0) is 11.2 Å². The van der Waals surface area contributed by atoms with Gasteiger partial charge in [0, 0.05) is 17.7 Å². The third-order valence-electron chi connectivity index (χ3n) is 3.87.